The molecule has 0 radical (unpaired) electrons. The molecule has 5 nitrogen and oxygen atoms in total. The van der Waals surface area contributed by atoms with Crippen LogP contribution in [0.25, 0.3) is 0 Å². The molecule has 1 aliphatic heterocycles. The number of ether oxygens (including phenoxy) is 1. The first-order chi connectivity index (χ1) is 12.8. The van der Waals surface area contributed by atoms with Gasteiger partial charge in [-0.3, -0.25) is 4.90 Å². The third-order valence-electron chi connectivity index (χ3n) is 5.34. The van der Waals surface area contributed by atoms with E-state index in [1.54, 1.807) is 11.3 Å². The molecule has 0 aromatic carbocycles. The van der Waals surface area contributed by atoms with Crippen LogP contribution < -0.4 is 5.32 Å². The number of terminal acetylenes is 1. The first-order valence-corrected chi connectivity index (χ1v) is 10.5. The SMILES string of the molecule is C#CCN(C(=O)NC[C@H](c1cccs1)N1CCOCC1)C1CCCCC1. The van der Waals surface area contributed by atoms with Gasteiger partial charge in [-0.1, -0.05) is 31.2 Å². The van der Waals surface area contributed by atoms with Gasteiger partial charge in [-0.25, -0.2) is 4.79 Å². The Kier molecular flexibility index (Phi) is 7.36. The zero-order chi connectivity index (χ0) is 18.2. The molecule has 1 aromatic heterocycles. The molecule has 26 heavy (non-hydrogen) atoms. The number of hydrogen-bond acceptors (Lipinski definition) is 4. The second-order valence-corrected chi connectivity index (χ2v) is 7.97. The van der Waals surface area contributed by atoms with Gasteiger partial charge in [0.2, 0.25) is 0 Å². The Hall–Kier alpha value is -1.55. The lowest BCUT2D eigenvalue weighted by molar-refractivity contribution is 0.0171. The van der Waals surface area contributed by atoms with Gasteiger partial charge in [-0.15, -0.1) is 17.8 Å². The molecular formula is C20H29N3O2S. The second kappa shape index (κ2) is 9.96. The van der Waals surface area contributed by atoms with Gasteiger partial charge in [0.05, 0.1) is 25.8 Å². The quantitative estimate of drug-likeness (QED) is 0.777. The molecule has 2 heterocycles. The molecule has 2 aliphatic rings. The summed E-state index contributed by atoms with van der Waals surface area (Å²) in [7, 11) is 0. The van der Waals surface area contributed by atoms with Crippen LogP contribution in [-0.2, 0) is 4.74 Å². The third-order valence-corrected chi connectivity index (χ3v) is 6.32. The highest BCUT2D eigenvalue weighted by atomic mass is 32.1. The van der Waals surface area contributed by atoms with Crippen LogP contribution in [0.1, 0.15) is 43.0 Å². The van der Waals surface area contributed by atoms with Crippen molar-refractivity contribution in [2.75, 3.05) is 39.4 Å². The van der Waals surface area contributed by atoms with Gasteiger partial charge in [0.1, 0.15) is 0 Å². The number of rotatable bonds is 6. The van der Waals surface area contributed by atoms with Crippen molar-refractivity contribution in [1.82, 2.24) is 15.1 Å². The van der Waals surface area contributed by atoms with Crippen molar-refractivity contribution < 1.29 is 9.53 Å². The van der Waals surface area contributed by atoms with E-state index in [2.05, 4.69) is 33.6 Å². The van der Waals surface area contributed by atoms with E-state index >= 15 is 0 Å². The highest BCUT2D eigenvalue weighted by Gasteiger charge is 2.27. The van der Waals surface area contributed by atoms with E-state index in [9.17, 15) is 4.79 Å². The summed E-state index contributed by atoms with van der Waals surface area (Å²) in [6, 6.07) is 4.68. The average molecular weight is 376 g/mol. The van der Waals surface area contributed by atoms with Crippen LogP contribution in [0.2, 0.25) is 0 Å². The Labute approximate surface area is 160 Å². The van der Waals surface area contributed by atoms with Crippen LogP contribution in [0.4, 0.5) is 4.79 Å². The number of nitrogens with one attached hydrogen (secondary N) is 1. The summed E-state index contributed by atoms with van der Waals surface area (Å²) in [6.45, 7) is 4.29. The number of morpholine rings is 1. The van der Waals surface area contributed by atoms with Gasteiger partial charge in [-0.2, -0.15) is 0 Å². The maximum absolute atomic E-state index is 12.9. The van der Waals surface area contributed by atoms with E-state index in [-0.39, 0.29) is 18.1 Å². The van der Waals surface area contributed by atoms with Crippen molar-refractivity contribution in [2.45, 2.75) is 44.2 Å². The predicted molar refractivity (Wildman–Crippen MR) is 105 cm³/mol. The summed E-state index contributed by atoms with van der Waals surface area (Å²) in [6.07, 6.45) is 11.3. The molecule has 3 rings (SSSR count). The normalized spacial score (nSPS) is 20.3. The third kappa shape index (κ3) is 5.00. The smallest absolute Gasteiger partial charge is 0.318 e. The minimum atomic E-state index is -0.0235. The van der Waals surface area contributed by atoms with Gasteiger partial charge >= 0.3 is 6.03 Å². The Morgan fingerprint density at radius 2 is 2.15 bits per heavy atom. The Morgan fingerprint density at radius 3 is 2.81 bits per heavy atom. The predicted octanol–water partition coefficient (Wildman–Crippen LogP) is 3.10. The standard InChI is InChI=1S/C20H29N3O2S/c1-2-10-23(17-7-4-3-5-8-17)20(24)21-16-18(19-9-6-15-26-19)22-11-13-25-14-12-22/h1,6,9,15,17-18H,3-5,7-8,10-14,16H2,(H,21,24)/t18-/m1/s1. The number of thiophene rings is 1. The fourth-order valence-electron chi connectivity index (χ4n) is 3.92. The van der Waals surface area contributed by atoms with Gasteiger partial charge in [-0.05, 0) is 24.3 Å². The van der Waals surface area contributed by atoms with Crippen LogP contribution in [0.5, 0.6) is 0 Å². The molecule has 2 amide bonds. The monoisotopic (exact) mass is 375 g/mol. The molecule has 1 saturated heterocycles. The summed E-state index contributed by atoms with van der Waals surface area (Å²) >= 11 is 1.74. The highest BCUT2D eigenvalue weighted by Crippen LogP contribution is 2.26. The van der Waals surface area contributed by atoms with Crippen molar-refractivity contribution >= 4 is 17.4 Å². The van der Waals surface area contributed by atoms with E-state index in [1.165, 1.54) is 24.1 Å². The number of amides is 2. The van der Waals surface area contributed by atoms with Crippen molar-refractivity contribution in [3.05, 3.63) is 22.4 Å². The van der Waals surface area contributed by atoms with E-state index in [0.29, 0.717) is 13.1 Å². The molecule has 0 bridgehead atoms. The zero-order valence-corrected chi connectivity index (χ0v) is 16.2. The minimum Gasteiger partial charge on any atom is -0.379 e. The lowest BCUT2D eigenvalue weighted by Gasteiger charge is -2.36. The van der Waals surface area contributed by atoms with Crippen LogP contribution in [0.15, 0.2) is 17.5 Å². The molecular weight excluding hydrogens is 346 g/mol. The molecule has 1 saturated carbocycles. The van der Waals surface area contributed by atoms with Crippen LogP contribution >= 0.6 is 11.3 Å². The molecule has 0 spiro atoms. The maximum atomic E-state index is 12.9. The molecule has 142 valence electrons. The second-order valence-electron chi connectivity index (χ2n) is 6.99. The van der Waals surface area contributed by atoms with Crippen LogP contribution in [0.3, 0.4) is 0 Å². The molecule has 1 aromatic rings. The van der Waals surface area contributed by atoms with Crippen molar-refractivity contribution in [1.29, 1.82) is 0 Å². The summed E-state index contributed by atoms with van der Waals surface area (Å²) in [5.41, 5.74) is 0. The lowest BCUT2D eigenvalue weighted by atomic mass is 9.94. The number of urea groups is 1. The molecule has 0 unspecified atom stereocenters. The average Bonchev–Trinajstić information content (AvgIpc) is 3.22. The molecule has 2 fully saturated rings. The molecule has 1 aliphatic carbocycles. The summed E-state index contributed by atoms with van der Waals surface area (Å²) < 4.78 is 5.49. The fraction of sp³-hybridized carbons (Fsp3) is 0.650. The summed E-state index contributed by atoms with van der Waals surface area (Å²) in [5.74, 6) is 2.66. The van der Waals surface area contributed by atoms with E-state index in [4.69, 9.17) is 11.2 Å². The first-order valence-electron chi connectivity index (χ1n) is 9.62. The summed E-state index contributed by atoms with van der Waals surface area (Å²) in [4.78, 5) is 18.4. The van der Waals surface area contributed by atoms with Crippen LogP contribution in [0, 0.1) is 12.3 Å². The fourth-order valence-corrected chi connectivity index (χ4v) is 4.78. The number of hydrogen-bond donors (Lipinski definition) is 1. The number of carbonyl (C=O) groups excluding carboxylic acids is 1. The van der Waals surface area contributed by atoms with Crippen molar-refractivity contribution in [3.8, 4) is 12.3 Å². The minimum absolute atomic E-state index is 0.0235. The van der Waals surface area contributed by atoms with E-state index in [0.717, 1.165) is 39.1 Å². The van der Waals surface area contributed by atoms with E-state index < -0.39 is 0 Å². The number of carbonyl (C=O) groups is 1. The van der Waals surface area contributed by atoms with Gasteiger partial charge in [0.25, 0.3) is 0 Å². The van der Waals surface area contributed by atoms with E-state index in [1.807, 2.05) is 4.90 Å². The molecule has 1 N–H and O–H groups in total. The van der Waals surface area contributed by atoms with Crippen LogP contribution in [-0.4, -0.2) is 61.3 Å². The molecule has 6 heteroatoms. The Balaban J connectivity index is 1.62. The van der Waals surface area contributed by atoms with Gasteiger partial charge in [0, 0.05) is 30.6 Å². The van der Waals surface area contributed by atoms with Gasteiger partial charge in [0.15, 0.2) is 0 Å². The maximum Gasteiger partial charge on any atom is 0.318 e. The number of nitrogens with zero attached hydrogens (tertiary/aromatic N) is 2. The van der Waals surface area contributed by atoms with Crippen molar-refractivity contribution in [2.24, 2.45) is 0 Å². The first kappa shape index (κ1) is 19.2. The van der Waals surface area contributed by atoms with Gasteiger partial charge < -0.3 is 15.0 Å². The topological polar surface area (TPSA) is 44.8 Å². The summed E-state index contributed by atoms with van der Waals surface area (Å²) in [5, 5.41) is 5.26. The lowest BCUT2D eigenvalue weighted by Crippen LogP contribution is -2.50. The Morgan fingerprint density at radius 1 is 1.38 bits per heavy atom. The highest BCUT2D eigenvalue weighted by molar-refractivity contribution is 7.10. The molecule has 1 atom stereocenters. The zero-order valence-electron chi connectivity index (χ0n) is 15.4. The Bertz CT molecular complexity index is 587. The largest absolute Gasteiger partial charge is 0.379 e. The van der Waals surface area contributed by atoms with Crippen molar-refractivity contribution in [3.63, 3.8) is 0 Å².